The lowest BCUT2D eigenvalue weighted by Crippen LogP contribution is -2.14. The molecule has 0 aliphatic carbocycles. The van der Waals surface area contributed by atoms with Gasteiger partial charge in [-0.2, -0.15) is 0 Å². The molecule has 3 heteroatoms. The molecule has 0 radical (unpaired) electrons. The van der Waals surface area contributed by atoms with E-state index in [1.54, 1.807) is 0 Å². The van der Waals surface area contributed by atoms with E-state index in [1.807, 2.05) is 6.92 Å². The molecule has 0 saturated carbocycles. The number of para-hydroxylation sites is 1. The van der Waals surface area contributed by atoms with Crippen molar-refractivity contribution in [3.05, 3.63) is 41.7 Å². The summed E-state index contributed by atoms with van der Waals surface area (Å²) >= 11 is 0. The van der Waals surface area contributed by atoms with Crippen LogP contribution in [0.1, 0.15) is 51.8 Å². The third-order valence-corrected chi connectivity index (χ3v) is 3.63. The summed E-state index contributed by atoms with van der Waals surface area (Å²) in [5.41, 5.74) is 3.63. The second kappa shape index (κ2) is 6.33. The SMILES string of the molecule is CCCCn1cc(C)nc1Nc1ccccc1C(C)(C)C. The van der Waals surface area contributed by atoms with E-state index in [-0.39, 0.29) is 5.41 Å². The van der Waals surface area contributed by atoms with Gasteiger partial charge in [-0.15, -0.1) is 0 Å². The number of rotatable bonds is 5. The summed E-state index contributed by atoms with van der Waals surface area (Å²) in [4.78, 5) is 4.63. The topological polar surface area (TPSA) is 29.9 Å². The number of nitrogens with zero attached hydrogens (tertiary/aromatic N) is 2. The van der Waals surface area contributed by atoms with Gasteiger partial charge in [-0.25, -0.2) is 4.98 Å². The van der Waals surface area contributed by atoms with Gasteiger partial charge >= 0.3 is 0 Å². The first kappa shape index (κ1) is 15.6. The molecule has 21 heavy (non-hydrogen) atoms. The number of unbranched alkanes of at least 4 members (excludes halogenated alkanes) is 1. The largest absolute Gasteiger partial charge is 0.325 e. The molecular formula is C18H27N3. The van der Waals surface area contributed by atoms with E-state index in [9.17, 15) is 0 Å². The molecule has 114 valence electrons. The van der Waals surface area contributed by atoms with Crippen LogP contribution in [0, 0.1) is 6.92 Å². The van der Waals surface area contributed by atoms with Crippen LogP contribution in [0.4, 0.5) is 11.6 Å². The minimum absolute atomic E-state index is 0.111. The Morgan fingerprint density at radius 2 is 1.90 bits per heavy atom. The number of aryl methyl sites for hydroxylation is 2. The van der Waals surface area contributed by atoms with Crippen LogP contribution in [0.2, 0.25) is 0 Å². The number of imidazole rings is 1. The molecule has 1 aromatic carbocycles. The van der Waals surface area contributed by atoms with E-state index in [0.717, 1.165) is 23.9 Å². The van der Waals surface area contributed by atoms with Crippen molar-refractivity contribution in [2.24, 2.45) is 0 Å². The summed E-state index contributed by atoms with van der Waals surface area (Å²) in [6.45, 7) is 12.0. The summed E-state index contributed by atoms with van der Waals surface area (Å²) in [6, 6.07) is 8.49. The molecule has 0 aliphatic rings. The fourth-order valence-corrected chi connectivity index (χ4v) is 2.51. The molecule has 0 unspecified atom stereocenters. The van der Waals surface area contributed by atoms with Gasteiger partial charge in [-0.3, -0.25) is 0 Å². The molecule has 0 aliphatic heterocycles. The van der Waals surface area contributed by atoms with E-state index < -0.39 is 0 Å². The Morgan fingerprint density at radius 1 is 1.19 bits per heavy atom. The lowest BCUT2D eigenvalue weighted by molar-refractivity contribution is 0.591. The lowest BCUT2D eigenvalue weighted by atomic mass is 9.86. The predicted molar refractivity (Wildman–Crippen MR) is 90.3 cm³/mol. The molecule has 0 atom stereocenters. The van der Waals surface area contributed by atoms with Gasteiger partial charge < -0.3 is 9.88 Å². The molecule has 3 nitrogen and oxygen atoms in total. The fraction of sp³-hybridized carbons (Fsp3) is 0.500. The van der Waals surface area contributed by atoms with Gasteiger partial charge in [0.05, 0.1) is 5.69 Å². The van der Waals surface area contributed by atoms with Crippen molar-refractivity contribution in [3.63, 3.8) is 0 Å². The Bertz CT molecular complexity index is 591. The standard InChI is InChI=1S/C18H27N3/c1-6-7-12-21-13-14(2)19-17(21)20-16-11-9-8-10-15(16)18(3,4)5/h8-11,13H,6-7,12H2,1-5H3,(H,19,20). The van der Waals surface area contributed by atoms with E-state index >= 15 is 0 Å². The van der Waals surface area contributed by atoms with Crippen molar-refractivity contribution in [2.75, 3.05) is 5.32 Å². The quantitative estimate of drug-likeness (QED) is 0.834. The first-order chi connectivity index (χ1) is 9.91. The average Bonchev–Trinajstić information content (AvgIpc) is 2.76. The van der Waals surface area contributed by atoms with Crippen LogP contribution in [-0.4, -0.2) is 9.55 Å². The minimum Gasteiger partial charge on any atom is -0.325 e. The summed E-state index contributed by atoms with van der Waals surface area (Å²) in [7, 11) is 0. The van der Waals surface area contributed by atoms with Crippen molar-refractivity contribution >= 4 is 11.6 Å². The zero-order valence-electron chi connectivity index (χ0n) is 13.9. The smallest absolute Gasteiger partial charge is 0.207 e. The molecule has 0 bridgehead atoms. The van der Waals surface area contributed by atoms with Crippen LogP contribution in [0.5, 0.6) is 0 Å². The van der Waals surface area contributed by atoms with Crippen LogP contribution in [0.25, 0.3) is 0 Å². The summed E-state index contributed by atoms with van der Waals surface area (Å²) in [6.07, 6.45) is 4.48. The van der Waals surface area contributed by atoms with Crippen molar-refractivity contribution < 1.29 is 0 Å². The van der Waals surface area contributed by atoms with Crippen LogP contribution in [0.3, 0.4) is 0 Å². The first-order valence-electron chi connectivity index (χ1n) is 7.82. The second-order valence-electron chi connectivity index (χ2n) is 6.67. The highest BCUT2D eigenvalue weighted by Crippen LogP contribution is 2.31. The van der Waals surface area contributed by atoms with E-state index in [0.29, 0.717) is 0 Å². The average molecular weight is 285 g/mol. The number of hydrogen-bond donors (Lipinski definition) is 1. The van der Waals surface area contributed by atoms with E-state index in [2.05, 4.69) is 73.0 Å². The summed E-state index contributed by atoms with van der Waals surface area (Å²) < 4.78 is 2.22. The first-order valence-corrected chi connectivity index (χ1v) is 7.82. The van der Waals surface area contributed by atoms with Gasteiger partial charge in [-0.05, 0) is 30.4 Å². The summed E-state index contributed by atoms with van der Waals surface area (Å²) in [5, 5.41) is 3.53. The van der Waals surface area contributed by atoms with Gasteiger partial charge in [0.25, 0.3) is 0 Å². The van der Waals surface area contributed by atoms with Crippen LogP contribution in [0.15, 0.2) is 30.5 Å². The zero-order chi connectivity index (χ0) is 15.5. The maximum absolute atomic E-state index is 4.63. The Labute approximate surface area is 128 Å². The molecule has 1 aromatic heterocycles. The van der Waals surface area contributed by atoms with Crippen LogP contribution < -0.4 is 5.32 Å². The Kier molecular flexibility index (Phi) is 4.71. The molecule has 0 saturated heterocycles. The highest BCUT2D eigenvalue weighted by Gasteiger charge is 2.18. The predicted octanol–water partition coefficient (Wildman–Crippen LogP) is 5.03. The maximum atomic E-state index is 4.63. The third kappa shape index (κ3) is 3.87. The van der Waals surface area contributed by atoms with E-state index in [1.165, 1.54) is 18.4 Å². The lowest BCUT2D eigenvalue weighted by Gasteiger charge is -2.23. The van der Waals surface area contributed by atoms with Crippen LogP contribution >= 0.6 is 0 Å². The number of hydrogen-bond acceptors (Lipinski definition) is 2. The van der Waals surface area contributed by atoms with Gasteiger partial charge in [0.15, 0.2) is 0 Å². The monoisotopic (exact) mass is 285 g/mol. The number of aromatic nitrogens is 2. The minimum atomic E-state index is 0.111. The molecular weight excluding hydrogens is 258 g/mol. The fourth-order valence-electron chi connectivity index (χ4n) is 2.51. The highest BCUT2D eigenvalue weighted by atomic mass is 15.2. The molecule has 1 N–H and O–H groups in total. The normalized spacial score (nSPS) is 11.7. The number of nitrogens with one attached hydrogen (secondary N) is 1. The highest BCUT2D eigenvalue weighted by molar-refractivity contribution is 5.61. The zero-order valence-corrected chi connectivity index (χ0v) is 13.9. The molecule has 0 fully saturated rings. The molecule has 0 spiro atoms. The third-order valence-electron chi connectivity index (χ3n) is 3.63. The van der Waals surface area contributed by atoms with E-state index in [4.69, 9.17) is 0 Å². The number of anilines is 2. The van der Waals surface area contributed by atoms with Crippen LogP contribution in [-0.2, 0) is 12.0 Å². The molecule has 2 rings (SSSR count). The van der Waals surface area contributed by atoms with Crippen molar-refractivity contribution in [2.45, 2.75) is 59.4 Å². The van der Waals surface area contributed by atoms with Gasteiger partial charge in [0.1, 0.15) is 0 Å². The second-order valence-corrected chi connectivity index (χ2v) is 6.67. The summed E-state index contributed by atoms with van der Waals surface area (Å²) in [5.74, 6) is 0.942. The van der Waals surface area contributed by atoms with Crippen molar-refractivity contribution in [3.8, 4) is 0 Å². The van der Waals surface area contributed by atoms with Crippen molar-refractivity contribution in [1.29, 1.82) is 0 Å². The Balaban J connectivity index is 2.30. The Hall–Kier alpha value is -1.77. The Morgan fingerprint density at radius 3 is 2.57 bits per heavy atom. The van der Waals surface area contributed by atoms with Gasteiger partial charge in [0, 0.05) is 18.4 Å². The van der Waals surface area contributed by atoms with Crippen molar-refractivity contribution in [1.82, 2.24) is 9.55 Å². The molecule has 1 heterocycles. The van der Waals surface area contributed by atoms with Gasteiger partial charge in [-0.1, -0.05) is 52.3 Å². The maximum Gasteiger partial charge on any atom is 0.207 e. The molecule has 0 amide bonds. The number of benzene rings is 1. The molecule has 2 aromatic rings. The van der Waals surface area contributed by atoms with Gasteiger partial charge in [0.2, 0.25) is 5.95 Å².